The monoisotopic (exact) mass is 829 g/mol. The van der Waals surface area contributed by atoms with Crippen molar-refractivity contribution in [2.45, 2.75) is 191 Å². The summed E-state index contributed by atoms with van der Waals surface area (Å²) in [5.41, 5.74) is 0. The van der Waals surface area contributed by atoms with Crippen molar-refractivity contribution in [2.75, 3.05) is 33.0 Å². The molecule has 0 aliphatic carbocycles. The predicted molar refractivity (Wildman–Crippen MR) is 219 cm³/mol. The molecule has 0 aromatic heterocycles. The molecule has 11 atom stereocenters. The van der Waals surface area contributed by atoms with E-state index >= 15 is 0 Å². The van der Waals surface area contributed by atoms with Gasteiger partial charge in [-0.1, -0.05) is 114 Å². The highest BCUT2D eigenvalue weighted by atomic mass is 16.7. The molecule has 0 aromatic rings. The third-order valence-corrected chi connectivity index (χ3v) is 10.1. The van der Waals surface area contributed by atoms with Gasteiger partial charge >= 0.3 is 5.97 Å². The summed E-state index contributed by atoms with van der Waals surface area (Å²) in [6.45, 7) is 3.42. The summed E-state index contributed by atoms with van der Waals surface area (Å²) in [5, 5.41) is 71.7. The first-order valence-corrected chi connectivity index (χ1v) is 21.7. The van der Waals surface area contributed by atoms with Crippen molar-refractivity contribution < 1.29 is 69.0 Å². The Morgan fingerprint density at radius 1 is 0.586 bits per heavy atom. The van der Waals surface area contributed by atoms with Crippen LogP contribution in [0.15, 0.2) is 48.6 Å². The number of ether oxygens (including phenoxy) is 6. The maximum atomic E-state index is 12.8. The fourth-order valence-electron chi connectivity index (χ4n) is 6.51. The van der Waals surface area contributed by atoms with E-state index in [2.05, 4.69) is 62.5 Å². The van der Waals surface area contributed by atoms with Crippen LogP contribution in [-0.2, 0) is 33.2 Å². The second-order valence-electron chi connectivity index (χ2n) is 15.1. The van der Waals surface area contributed by atoms with Crippen molar-refractivity contribution in [3.63, 3.8) is 0 Å². The highest BCUT2D eigenvalue weighted by Crippen LogP contribution is 2.26. The standard InChI is InChI=1S/C44H76O14/c1-3-5-7-9-11-13-14-15-16-17-18-19-20-22-24-26-28-53-30-33(56-36(46)27-25-23-21-12-10-8-6-4-2)31-54-43-42(52)40(50)38(48)35(58-43)32-55-44-41(51)39(49)37(47)34(29-45)57-44/h5,7,11,13,15-16,18-19,33-35,37-45,47-52H,3-4,6,8-10,12,14,17,20-32H2,1-2H3/b7-5-,13-11-,16-15-,19-18-. The number of aliphatic hydroxyl groups is 7. The number of esters is 1. The van der Waals surface area contributed by atoms with Crippen LogP contribution in [0, 0.1) is 0 Å². The van der Waals surface area contributed by atoms with Crippen molar-refractivity contribution in [1.82, 2.24) is 0 Å². The van der Waals surface area contributed by atoms with Crippen molar-refractivity contribution >= 4 is 5.97 Å². The second kappa shape index (κ2) is 32.7. The average molecular weight is 829 g/mol. The Balaban J connectivity index is 1.83. The number of carbonyl (C=O) groups excluding carboxylic acids is 1. The minimum Gasteiger partial charge on any atom is -0.457 e. The zero-order chi connectivity index (χ0) is 42.4. The molecule has 58 heavy (non-hydrogen) atoms. The molecule has 2 fully saturated rings. The SMILES string of the molecule is CC/C=C\C/C=C\C/C=C\C/C=C\CCCCCOCC(COC1OC(COC2OC(CO)C(O)C(O)C2O)C(O)C(O)C1O)OC(=O)CCCCCCCCCC. The highest BCUT2D eigenvalue weighted by molar-refractivity contribution is 5.69. The lowest BCUT2D eigenvalue weighted by atomic mass is 9.98. The van der Waals surface area contributed by atoms with E-state index in [0.717, 1.165) is 70.6 Å². The Morgan fingerprint density at radius 3 is 1.74 bits per heavy atom. The molecule has 0 bridgehead atoms. The first-order valence-electron chi connectivity index (χ1n) is 21.7. The second-order valence-corrected chi connectivity index (χ2v) is 15.1. The zero-order valence-electron chi connectivity index (χ0n) is 35.0. The third kappa shape index (κ3) is 21.5. The van der Waals surface area contributed by atoms with E-state index in [-0.39, 0.29) is 19.6 Å². The molecule has 0 aromatic carbocycles. The summed E-state index contributed by atoms with van der Waals surface area (Å²) in [4.78, 5) is 12.8. The topological polar surface area (TPSA) is 214 Å². The third-order valence-electron chi connectivity index (χ3n) is 10.1. The van der Waals surface area contributed by atoms with Crippen molar-refractivity contribution in [3.8, 4) is 0 Å². The first-order chi connectivity index (χ1) is 28.1. The Labute approximate surface area is 346 Å². The van der Waals surface area contributed by atoms with Crippen LogP contribution in [0.1, 0.15) is 123 Å². The van der Waals surface area contributed by atoms with Crippen LogP contribution in [-0.4, -0.2) is 142 Å². The molecule has 11 unspecified atom stereocenters. The van der Waals surface area contributed by atoms with Gasteiger partial charge in [0.2, 0.25) is 0 Å². The molecule has 2 aliphatic heterocycles. The van der Waals surface area contributed by atoms with Crippen molar-refractivity contribution in [2.24, 2.45) is 0 Å². The number of unbranched alkanes of at least 4 members (excludes halogenated alkanes) is 10. The normalized spacial score (nSPS) is 28.7. The van der Waals surface area contributed by atoms with Gasteiger partial charge in [-0.3, -0.25) is 4.79 Å². The number of aliphatic hydroxyl groups excluding tert-OH is 7. The van der Waals surface area contributed by atoms with E-state index in [1.165, 1.54) is 25.7 Å². The van der Waals surface area contributed by atoms with E-state index in [0.29, 0.717) is 13.0 Å². The van der Waals surface area contributed by atoms with Crippen LogP contribution in [0.3, 0.4) is 0 Å². The van der Waals surface area contributed by atoms with Gasteiger partial charge in [0.1, 0.15) is 54.9 Å². The number of hydrogen-bond acceptors (Lipinski definition) is 14. The van der Waals surface area contributed by atoms with E-state index in [1.54, 1.807) is 0 Å². The van der Waals surface area contributed by atoms with Crippen LogP contribution in [0.25, 0.3) is 0 Å². The fourth-order valence-corrected chi connectivity index (χ4v) is 6.51. The first kappa shape index (κ1) is 52.1. The summed E-state index contributed by atoms with van der Waals surface area (Å²) < 4.78 is 34.0. The lowest BCUT2D eigenvalue weighted by Crippen LogP contribution is -2.61. The number of allylic oxidation sites excluding steroid dienone is 8. The Bertz CT molecular complexity index is 1150. The molecule has 2 heterocycles. The van der Waals surface area contributed by atoms with Gasteiger partial charge in [-0.15, -0.1) is 0 Å². The molecule has 14 nitrogen and oxygen atoms in total. The number of carbonyl (C=O) groups is 1. The largest absolute Gasteiger partial charge is 0.457 e. The summed E-state index contributed by atoms with van der Waals surface area (Å²) in [7, 11) is 0. The molecular formula is C44H76O14. The Morgan fingerprint density at radius 2 is 1.12 bits per heavy atom. The Kier molecular flexibility index (Phi) is 29.4. The maximum Gasteiger partial charge on any atom is 0.306 e. The Hall–Kier alpha value is -2.05. The van der Waals surface area contributed by atoms with Gasteiger partial charge < -0.3 is 64.2 Å². The van der Waals surface area contributed by atoms with Gasteiger partial charge in [0.15, 0.2) is 12.6 Å². The molecule has 2 rings (SSSR count). The maximum absolute atomic E-state index is 12.8. The fraction of sp³-hybridized carbons (Fsp3) is 0.795. The van der Waals surface area contributed by atoms with E-state index < -0.39 is 86.7 Å². The van der Waals surface area contributed by atoms with Gasteiger partial charge in [-0.25, -0.2) is 0 Å². The van der Waals surface area contributed by atoms with E-state index in [4.69, 9.17) is 28.4 Å². The van der Waals surface area contributed by atoms with Crippen LogP contribution < -0.4 is 0 Å². The summed E-state index contributed by atoms with van der Waals surface area (Å²) in [6, 6.07) is 0. The van der Waals surface area contributed by atoms with Gasteiger partial charge in [0, 0.05) is 13.0 Å². The van der Waals surface area contributed by atoms with Gasteiger partial charge in [0.05, 0.1) is 26.4 Å². The summed E-state index contributed by atoms with van der Waals surface area (Å²) >= 11 is 0. The molecule has 2 aliphatic rings. The van der Waals surface area contributed by atoms with E-state index in [1.807, 2.05) is 0 Å². The zero-order valence-corrected chi connectivity index (χ0v) is 35.0. The van der Waals surface area contributed by atoms with Crippen molar-refractivity contribution in [1.29, 1.82) is 0 Å². The van der Waals surface area contributed by atoms with Gasteiger partial charge in [-0.05, 0) is 51.4 Å². The molecule has 0 radical (unpaired) electrons. The minimum atomic E-state index is -1.71. The molecule has 2 saturated heterocycles. The minimum absolute atomic E-state index is 0.0394. The van der Waals surface area contributed by atoms with Crippen LogP contribution in [0.5, 0.6) is 0 Å². The van der Waals surface area contributed by atoms with Crippen LogP contribution in [0.2, 0.25) is 0 Å². The number of hydrogen-bond donors (Lipinski definition) is 7. The lowest BCUT2D eigenvalue weighted by molar-refractivity contribution is -0.332. The molecule has 0 saturated carbocycles. The van der Waals surface area contributed by atoms with Crippen LogP contribution >= 0.6 is 0 Å². The predicted octanol–water partition coefficient (Wildman–Crippen LogP) is 4.45. The van der Waals surface area contributed by atoms with Gasteiger partial charge in [-0.2, -0.15) is 0 Å². The highest BCUT2D eigenvalue weighted by Gasteiger charge is 2.47. The summed E-state index contributed by atoms with van der Waals surface area (Å²) in [6.07, 6.45) is 17.8. The lowest BCUT2D eigenvalue weighted by Gasteiger charge is -2.42. The average Bonchev–Trinajstić information content (AvgIpc) is 3.22. The molecule has 0 spiro atoms. The van der Waals surface area contributed by atoms with Crippen LogP contribution in [0.4, 0.5) is 0 Å². The molecule has 14 heteroatoms. The number of rotatable bonds is 32. The van der Waals surface area contributed by atoms with Crippen molar-refractivity contribution in [3.05, 3.63) is 48.6 Å². The molecule has 7 N–H and O–H groups in total. The van der Waals surface area contributed by atoms with E-state index in [9.17, 15) is 40.5 Å². The smallest absolute Gasteiger partial charge is 0.306 e. The quantitative estimate of drug-likeness (QED) is 0.0284. The molecule has 336 valence electrons. The molecule has 0 amide bonds. The molecular weight excluding hydrogens is 752 g/mol. The van der Waals surface area contributed by atoms with Gasteiger partial charge in [0.25, 0.3) is 0 Å². The summed E-state index contributed by atoms with van der Waals surface area (Å²) in [5.74, 6) is -0.396.